The van der Waals surface area contributed by atoms with E-state index in [9.17, 15) is 4.79 Å². The topological polar surface area (TPSA) is 51.5 Å². The molecule has 3 rings (SSSR count). The summed E-state index contributed by atoms with van der Waals surface area (Å²) in [5.41, 5.74) is 3.49. The molecule has 1 N–H and O–H groups in total. The minimum atomic E-state index is -0.131. The molecule has 1 aliphatic carbocycles. The Bertz CT molecular complexity index is 620. The Morgan fingerprint density at radius 1 is 1.27 bits per heavy atom. The van der Waals surface area contributed by atoms with Crippen molar-refractivity contribution >= 4 is 5.91 Å². The number of aryl methyl sites for hydroxylation is 1. The lowest BCUT2D eigenvalue weighted by Gasteiger charge is -2.05. The van der Waals surface area contributed by atoms with Gasteiger partial charge in [-0.1, -0.05) is 37.3 Å². The fourth-order valence-electron chi connectivity index (χ4n) is 2.51. The van der Waals surface area contributed by atoms with Crippen molar-refractivity contribution in [2.24, 2.45) is 5.92 Å². The average Bonchev–Trinajstić information content (AvgIpc) is 3.08. The van der Waals surface area contributed by atoms with Gasteiger partial charge in [-0.25, -0.2) is 5.48 Å². The molecule has 2 atom stereocenters. The molecule has 0 aliphatic heterocycles. The van der Waals surface area contributed by atoms with Gasteiger partial charge in [0.2, 0.25) is 5.91 Å². The summed E-state index contributed by atoms with van der Waals surface area (Å²) in [4.78, 5) is 16.9. The number of amides is 1. The summed E-state index contributed by atoms with van der Waals surface area (Å²) in [6.07, 6.45) is 2.17. The molecule has 4 nitrogen and oxygen atoms in total. The first-order chi connectivity index (χ1) is 10.7. The van der Waals surface area contributed by atoms with Crippen molar-refractivity contribution in [3.05, 3.63) is 59.5 Å². The molecule has 1 fully saturated rings. The molecule has 1 aromatic carbocycles. The summed E-state index contributed by atoms with van der Waals surface area (Å²) in [5, 5.41) is 0. The quantitative estimate of drug-likeness (QED) is 0.795. The Morgan fingerprint density at radius 3 is 2.77 bits per heavy atom. The lowest BCUT2D eigenvalue weighted by Crippen LogP contribution is -2.23. The molecule has 1 aliphatic rings. The predicted octanol–water partition coefficient (Wildman–Crippen LogP) is 3.58. The van der Waals surface area contributed by atoms with E-state index in [1.165, 1.54) is 6.42 Å². The van der Waals surface area contributed by atoms with E-state index in [2.05, 4.69) is 12.4 Å². The molecule has 1 aromatic heterocycles. The Hall–Kier alpha value is -2.07. The second kappa shape index (κ2) is 6.79. The summed E-state index contributed by atoms with van der Waals surface area (Å²) in [6, 6.07) is 13.7. The van der Waals surface area contributed by atoms with Gasteiger partial charge in [-0.3, -0.25) is 9.63 Å². The van der Waals surface area contributed by atoms with Crippen LogP contribution in [0.4, 0.5) is 0 Å². The van der Waals surface area contributed by atoms with Gasteiger partial charge in [0.05, 0.1) is 6.61 Å². The van der Waals surface area contributed by atoms with E-state index in [4.69, 9.17) is 9.25 Å². The fraction of sp³-hybridized carbons (Fsp3) is 0.389. The van der Waals surface area contributed by atoms with Crippen LogP contribution < -0.4 is 5.48 Å². The second-order valence-corrected chi connectivity index (χ2v) is 5.92. The largest absolute Gasteiger partial charge is 0.466 e. The molecular formula is C18H21NO3. The third-order valence-corrected chi connectivity index (χ3v) is 4.02. The first kappa shape index (κ1) is 14.9. The monoisotopic (exact) mass is 299 g/mol. The number of hydrogen-bond donors (Lipinski definition) is 1. The Kier molecular flexibility index (Phi) is 4.59. The van der Waals surface area contributed by atoms with Crippen molar-refractivity contribution in [1.29, 1.82) is 0 Å². The van der Waals surface area contributed by atoms with E-state index in [-0.39, 0.29) is 5.91 Å². The van der Waals surface area contributed by atoms with Crippen molar-refractivity contribution in [2.75, 3.05) is 0 Å². The molecule has 0 spiro atoms. The van der Waals surface area contributed by atoms with E-state index in [0.717, 1.165) is 23.0 Å². The maximum atomic E-state index is 11.7. The van der Waals surface area contributed by atoms with Gasteiger partial charge in [-0.2, -0.15) is 0 Å². The maximum Gasteiger partial charge on any atom is 0.243 e. The Balaban J connectivity index is 1.36. The van der Waals surface area contributed by atoms with Gasteiger partial charge < -0.3 is 4.42 Å². The number of carbonyl (C=O) groups excluding carboxylic acids is 1. The highest BCUT2D eigenvalue weighted by atomic mass is 16.6. The third kappa shape index (κ3) is 3.98. The van der Waals surface area contributed by atoms with Crippen molar-refractivity contribution in [2.45, 2.75) is 38.7 Å². The van der Waals surface area contributed by atoms with Gasteiger partial charge in [0.1, 0.15) is 11.5 Å². The van der Waals surface area contributed by atoms with Crippen LogP contribution in [0.1, 0.15) is 42.8 Å². The molecule has 22 heavy (non-hydrogen) atoms. The standard InChI is InChI=1S/C18H21NO3/c1-13-11-16(13)17-9-7-15(22-17)8-10-18(20)19-21-12-14-5-3-2-4-6-14/h2-7,9,13,16H,8,10-12H2,1H3,(H,19,20)/t13-,16-/m0/s1. The highest BCUT2D eigenvalue weighted by molar-refractivity contribution is 5.74. The van der Waals surface area contributed by atoms with E-state index < -0.39 is 0 Å². The van der Waals surface area contributed by atoms with E-state index in [1.807, 2.05) is 42.5 Å². The lowest BCUT2D eigenvalue weighted by molar-refractivity contribution is -0.134. The Labute approximate surface area is 130 Å². The Morgan fingerprint density at radius 2 is 2.05 bits per heavy atom. The van der Waals surface area contributed by atoms with Crippen molar-refractivity contribution < 1.29 is 14.0 Å². The predicted molar refractivity (Wildman–Crippen MR) is 82.9 cm³/mol. The van der Waals surface area contributed by atoms with Crippen molar-refractivity contribution in [3.63, 3.8) is 0 Å². The smallest absolute Gasteiger partial charge is 0.243 e. The van der Waals surface area contributed by atoms with Gasteiger partial charge in [-0.05, 0) is 30.0 Å². The second-order valence-electron chi connectivity index (χ2n) is 5.92. The van der Waals surface area contributed by atoms with Crippen LogP contribution in [0.15, 0.2) is 46.9 Å². The summed E-state index contributed by atoms with van der Waals surface area (Å²) < 4.78 is 5.78. The minimum Gasteiger partial charge on any atom is -0.466 e. The molecule has 0 bridgehead atoms. The maximum absolute atomic E-state index is 11.7. The van der Waals surface area contributed by atoms with Crippen LogP contribution in [-0.4, -0.2) is 5.91 Å². The van der Waals surface area contributed by atoms with Gasteiger partial charge in [0.25, 0.3) is 0 Å². The summed E-state index contributed by atoms with van der Waals surface area (Å²) >= 11 is 0. The third-order valence-electron chi connectivity index (χ3n) is 4.02. The number of benzene rings is 1. The normalized spacial score (nSPS) is 19.9. The number of nitrogens with one attached hydrogen (secondary N) is 1. The van der Waals surface area contributed by atoms with Crippen molar-refractivity contribution in [3.8, 4) is 0 Å². The summed E-state index contributed by atoms with van der Waals surface area (Å²) in [5.74, 6) is 3.11. The molecule has 0 unspecified atom stereocenters. The van der Waals surface area contributed by atoms with Crippen molar-refractivity contribution in [1.82, 2.24) is 5.48 Å². The zero-order valence-corrected chi connectivity index (χ0v) is 12.7. The summed E-state index contributed by atoms with van der Waals surface area (Å²) in [6.45, 7) is 2.60. The van der Waals surface area contributed by atoms with Crippen LogP contribution in [0.3, 0.4) is 0 Å². The molecule has 1 amide bonds. The SMILES string of the molecule is C[C@H]1C[C@@H]1c1ccc(CCC(=O)NOCc2ccccc2)o1. The average molecular weight is 299 g/mol. The molecule has 0 saturated heterocycles. The first-order valence-electron chi connectivity index (χ1n) is 7.75. The molecule has 1 saturated carbocycles. The highest BCUT2D eigenvalue weighted by Crippen LogP contribution is 2.47. The first-order valence-corrected chi connectivity index (χ1v) is 7.75. The molecule has 1 heterocycles. The van der Waals surface area contributed by atoms with Gasteiger partial charge in [0, 0.05) is 18.8 Å². The number of rotatable bonds is 7. The van der Waals surface area contributed by atoms with Crippen LogP contribution in [0.5, 0.6) is 0 Å². The van der Waals surface area contributed by atoms with Gasteiger partial charge in [0.15, 0.2) is 0 Å². The van der Waals surface area contributed by atoms with Gasteiger partial charge >= 0.3 is 0 Å². The van der Waals surface area contributed by atoms with Crippen LogP contribution in [0.2, 0.25) is 0 Å². The molecule has 2 aromatic rings. The highest BCUT2D eigenvalue weighted by Gasteiger charge is 2.36. The van der Waals surface area contributed by atoms with E-state index in [0.29, 0.717) is 25.4 Å². The number of carbonyl (C=O) groups is 1. The minimum absolute atomic E-state index is 0.131. The number of hydrogen-bond acceptors (Lipinski definition) is 3. The molecule has 4 heteroatoms. The zero-order valence-electron chi connectivity index (χ0n) is 12.7. The van der Waals surface area contributed by atoms with Crippen LogP contribution in [-0.2, 0) is 22.7 Å². The van der Waals surface area contributed by atoms with Gasteiger partial charge in [-0.15, -0.1) is 0 Å². The molecule has 116 valence electrons. The van der Waals surface area contributed by atoms with Crippen LogP contribution in [0, 0.1) is 5.92 Å². The lowest BCUT2D eigenvalue weighted by atomic mass is 10.2. The van der Waals surface area contributed by atoms with Crippen LogP contribution >= 0.6 is 0 Å². The van der Waals surface area contributed by atoms with Crippen LogP contribution in [0.25, 0.3) is 0 Å². The summed E-state index contributed by atoms with van der Waals surface area (Å²) in [7, 11) is 0. The zero-order chi connectivity index (χ0) is 15.4. The van der Waals surface area contributed by atoms with E-state index in [1.54, 1.807) is 0 Å². The fourth-order valence-corrected chi connectivity index (χ4v) is 2.51. The number of hydroxylamine groups is 1. The van der Waals surface area contributed by atoms with E-state index >= 15 is 0 Å². The molecule has 0 radical (unpaired) electrons. The molecular weight excluding hydrogens is 278 g/mol. The number of furan rings is 1.